The summed E-state index contributed by atoms with van der Waals surface area (Å²) in [6.07, 6.45) is 2.46. The predicted molar refractivity (Wildman–Crippen MR) is 107 cm³/mol. The van der Waals surface area contributed by atoms with Crippen LogP contribution >= 0.6 is 0 Å². The van der Waals surface area contributed by atoms with Crippen molar-refractivity contribution >= 4 is 11.7 Å². The lowest BCUT2D eigenvalue weighted by molar-refractivity contribution is -0.122. The third-order valence-corrected chi connectivity index (χ3v) is 5.34. The standard InChI is InChI=1S/C21H24FN5O3/c1-3-17(20(28)23-18-10-13(2)29-25-18)27-9-5-7-15(12-27)21-24-19(26-30-21)14-6-4-8-16(22)11-14/h4,6,8,10-11,15,17H,3,5,7,9,12H2,1-2H3,(H,23,25,28). The van der Waals surface area contributed by atoms with Crippen molar-refractivity contribution in [2.75, 3.05) is 18.4 Å². The van der Waals surface area contributed by atoms with Crippen LogP contribution in [-0.2, 0) is 4.79 Å². The molecule has 1 N–H and O–H groups in total. The SMILES string of the molecule is CCC(C(=O)Nc1cc(C)on1)N1CCCC(c2nc(-c3cccc(F)c3)no2)C1. The minimum absolute atomic E-state index is 0.0182. The third kappa shape index (κ3) is 4.40. The number of rotatable bonds is 6. The lowest BCUT2D eigenvalue weighted by atomic mass is 9.95. The Kier molecular flexibility index (Phi) is 5.89. The number of benzene rings is 1. The van der Waals surface area contributed by atoms with E-state index >= 15 is 0 Å². The number of aryl methyl sites for hydroxylation is 1. The van der Waals surface area contributed by atoms with Crippen LogP contribution in [0.25, 0.3) is 11.4 Å². The molecule has 2 unspecified atom stereocenters. The molecule has 1 amide bonds. The molecule has 1 aromatic carbocycles. The molecular formula is C21H24FN5O3. The zero-order chi connectivity index (χ0) is 21.1. The van der Waals surface area contributed by atoms with E-state index in [2.05, 4.69) is 25.5 Å². The first kappa shape index (κ1) is 20.2. The maximum Gasteiger partial charge on any atom is 0.242 e. The molecule has 4 rings (SSSR count). The van der Waals surface area contributed by atoms with E-state index in [9.17, 15) is 9.18 Å². The first-order valence-electron chi connectivity index (χ1n) is 10.1. The van der Waals surface area contributed by atoms with Gasteiger partial charge in [-0.2, -0.15) is 4.98 Å². The Labute approximate surface area is 173 Å². The summed E-state index contributed by atoms with van der Waals surface area (Å²) in [6.45, 7) is 5.20. The zero-order valence-corrected chi connectivity index (χ0v) is 17.0. The maximum absolute atomic E-state index is 13.5. The number of hydrogen-bond donors (Lipinski definition) is 1. The molecule has 1 fully saturated rings. The van der Waals surface area contributed by atoms with Gasteiger partial charge >= 0.3 is 0 Å². The van der Waals surface area contributed by atoms with Crippen LogP contribution in [0, 0.1) is 12.7 Å². The molecule has 1 aliphatic heterocycles. The van der Waals surface area contributed by atoms with Gasteiger partial charge in [-0.15, -0.1) is 0 Å². The highest BCUT2D eigenvalue weighted by atomic mass is 19.1. The van der Waals surface area contributed by atoms with Crippen molar-refractivity contribution < 1.29 is 18.2 Å². The number of halogens is 1. The summed E-state index contributed by atoms with van der Waals surface area (Å²) in [4.78, 5) is 19.4. The van der Waals surface area contributed by atoms with Crippen LogP contribution in [0.15, 0.2) is 39.4 Å². The number of carbonyl (C=O) groups is 1. The number of likely N-dealkylation sites (tertiary alicyclic amines) is 1. The minimum atomic E-state index is -0.346. The Morgan fingerprint density at radius 3 is 2.93 bits per heavy atom. The molecule has 2 atom stereocenters. The van der Waals surface area contributed by atoms with Crippen molar-refractivity contribution in [2.45, 2.75) is 45.1 Å². The largest absolute Gasteiger partial charge is 0.360 e. The maximum atomic E-state index is 13.5. The van der Waals surface area contributed by atoms with Crippen LogP contribution < -0.4 is 5.32 Å². The number of amides is 1. The lowest BCUT2D eigenvalue weighted by Gasteiger charge is -2.35. The molecule has 2 aromatic heterocycles. The molecule has 30 heavy (non-hydrogen) atoms. The van der Waals surface area contributed by atoms with Crippen molar-refractivity contribution in [1.29, 1.82) is 0 Å². The molecule has 1 saturated heterocycles. The lowest BCUT2D eigenvalue weighted by Crippen LogP contribution is -2.48. The van der Waals surface area contributed by atoms with Crippen molar-refractivity contribution in [2.24, 2.45) is 0 Å². The Morgan fingerprint density at radius 1 is 1.33 bits per heavy atom. The summed E-state index contributed by atoms with van der Waals surface area (Å²) in [7, 11) is 0. The number of hydrogen-bond acceptors (Lipinski definition) is 7. The van der Waals surface area contributed by atoms with Gasteiger partial charge in [0.2, 0.25) is 17.6 Å². The monoisotopic (exact) mass is 413 g/mol. The molecule has 0 aliphatic carbocycles. The van der Waals surface area contributed by atoms with Crippen molar-refractivity contribution in [3.05, 3.63) is 47.8 Å². The summed E-state index contributed by atoms with van der Waals surface area (Å²) in [5, 5.41) is 10.7. The van der Waals surface area contributed by atoms with E-state index in [1.54, 1.807) is 25.1 Å². The molecule has 9 heteroatoms. The molecule has 158 valence electrons. The van der Waals surface area contributed by atoms with Crippen molar-refractivity contribution in [3.63, 3.8) is 0 Å². The molecule has 8 nitrogen and oxygen atoms in total. The molecule has 0 saturated carbocycles. The van der Waals surface area contributed by atoms with Gasteiger partial charge in [-0.05, 0) is 44.9 Å². The number of nitrogens with zero attached hydrogens (tertiary/aromatic N) is 4. The Balaban J connectivity index is 1.45. The van der Waals surface area contributed by atoms with Crippen LogP contribution in [0.5, 0.6) is 0 Å². The quantitative estimate of drug-likeness (QED) is 0.657. The van der Waals surface area contributed by atoms with Crippen molar-refractivity contribution in [1.82, 2.24) is 20.2 Å². The fraction of sp³-hybridized carbons (Fsp3) is 0.429. The van der Waals surface area contributed by atoms with Crippen LogP contribution in [0.3, 0.4) is 0 Å². The van der Waals surface area contributed by atoms with Gasteiger partial charge in [0, 0.05) is 18.2 Å². The van der Waals surface area contributed by atoms with Gasteiger partial charge in [-0.3, -0.25) is 9.69 Å². The van der Waals surface area contributed by atoms with E-state index in [0.29, 0.717) is 41.8 Å². The average molecular weight is 413 g/mol. The van der Waals surface area contributed by atoms with Gasteiger partial charge in [0.15, 0.2) is 5.82 Å². The molecule has 0 radical (unpaired) electrons. The van der Waals surface area contributed by atoms with Gasteiger partial charge in [0.1, 0.15) is 11.6 Å². The van der Waals surface area contributed by atoms with Gasteiger partial charge in [0.25, 0.3) is 0 Å². The Bertz CT molecular complexity index is 1020. The van der Waals surface area contributed by atoms with E-state index in [1.807, 2.05) is 6.92 Å². The predicted octanol–water partition coefficient (Wildman–Crippen LogP) is 3.77. The van der Waals surface area contributed by atoms with Crippen LogP contribution in [-0.4, -0.2) is 45.2 Å². The summed E-state index contributed by atoms with van der Waals surface area (Å²) in [5.41, 5.74) is 0.575. The van der Waals surface area contributed by atoms with E-state index < -0.39 is 0 Å². The van der Waals surface area contributed by atoms with Gasteiger partial charge in [0.05, 0.1) is 12.0 Å². The van der Waals surface area contributed by atoms with E-state index in [1.165, 1.54) is 12.1 Å². The van der Waals surface area contributed by atoms with Gasteiger partial charge in [-0.1, -0.05) is 29.4 Å². The van der Waals surface area contributed by atoms with E-state index in [4.69, 9.17) is 9.05 Å². The number of aromatic nitrogens is 3. The molecule has 0 spiro atoms. The summed E-state index contributed by atoms with van der Waals surface area (Å²) < 4.78 is 24.0. The highest BCUT2D eigenvalue weighted by molar-refractivity contribution is 5.94. The molecule has 1 aliphatic rings. The first-order chi connectivity index (χ1) is 14.5. The second-order valence-electron chi connectivity index (χ2n) is 7.54. The second-order valence-corrected chi connectivity index (χ2v) is 7.54. The Hall–Kier alpha value is -3.07. The highest BCUT2D eigenvalue weighted by Crippen LogP contribution is 2.29. The topological polar surface area (TPSA) is 97.3 Å². The zero-order valence-electron chi connectivity index (χ0n) is 17.0. The smallest absolute Gasteiger partial charge is 0.242 e. The van der Waals surface area contributed by atoms with Gasteiger partial charge in [-0.25, -0.2) is 4.39 Å². The number of anilines is 1. The fourth-order valence-corrected chi connectivity index (χ4v) is 3.88. The summed E-state index contributed by atoms with van der Waals surface area (Å²) in [6, 6.07) is 7.51. The second kappa shape index (κ2) is 8.74. The fourth-order valence-electron chi connectivity index (χ4n) is 3.88. The van der Waals surface area contributed by atoms with Crippen LogP contribution in [0.2, 0.25) is 0 Å². The first-order valence-corrected chi connectivity index (χ1v) is 10.1. The average Bonchev–Trinajstić information content (AvgIpc) is 3.38. The highest BCUT2D eigenvalue weighted by Gasteiger charge is 2.32. The number of piperidine rings is 1. The van der Waals surface area contributed by atoms with E-state index in [0.717, 1.165) is 19.4 Å². The van der Waals surface area contributed by atoms with Crippen molar-refractivity contribution in [3.8, 4) is 11.4 Å². The molecule has 3 heterocycles. The number of nitrogens with one attached hydrogen (secondary N) is 1. The molecule has 0 bridgehead atoms. The third-order valence-electron chi connectivity index (χ3n) is 5.34. The van der Waals surface area contributed by atoms with Crippen LogP contribution in [0.4, 0.5) is 10.2 Å². The number of carbonyl (C=O) groups excluding carboxylic acids is 1. The molecule has 3 aromatic rings. The Morgan fingerprint density at radius 2 is 2.20 bits per heavy atom. The summed E-state index contributed by atoms with van der Waals surface area (Å²) in [5.74, 6) is 1.50. The van der Waals surface area contributed by atoms with Gasteiger partial charge < -0.3 is 14.4 Å². The van der Waals surface area contributed by atoms with E-state index in [-0.39, 0.29) is 23.7 Å². The van der Waals surface area contributed by atoms with Crippen LogP contribution in [0.1, 0.15) is 43.8 Å². The summed E-state index contributed by atoms with van der Waals surface area (Å²) >= 11 is 0. The normalized spacial score (nSPS) is 18.3. The minimum Gasteiger partial charge on any atom is -0.360 e. The molecular weight excluding hydrogens is 389 g/mol.